The fraction of sp³-hybridized carbons (Fsp3) is 0.500. The van der Waals surface area contributed by atoms with Crippen LogP contribution in [0.25, 0.3) is 0 Å². The van der Waals surface area contributed by atoms with Crippen LogP contribution in [-0.4, -0.2) is 45.3 Å². The molecule has 2 atom stereocenters. The molecule has 0 spiro atoms. The lowest BCUT2D eigenvalue weighted by Gasteiger charge is -2.20. The number of anilines is 1. The largest absolute Gasteiger partial charge is 0.494 e. The van der Waals surface area contributed by atoms with E-state index in [0.29, 0.717) is 18.9 Å². The van der Waals surface area contributed by atoms with E-state index in [0.717, 1.165) is 50.5 Å². The molecule has 5 nitrogen and oxygen atoms in total. The second-order valence-corrected chi connectivity index (χ2v) is 8.37. The van der Waals surface area contributed by atoms with Crippen molar-refractivity contribution in [2.45, 2.75) is 51.6 Å². The molecular formula is C26H35NO4. The zero-order valence-corrected chi connectivity index (χ0v) is 19.0. The van der Waals surface area contributed by atoms with Crippen molar-refractivity contribution < 1.29 is 19.0 Å². The van der Waals surface area contributed by atoms with Gasteiger partial charge >= 0.3 is 0 Å². The summed E-state index contributed by atoms with van der Waals surface area (Å²) >= 11 is 0. The lowest BCUT2D eigenvalue weighted by molar-refractivity contribution is -0.117. The summed E-state index contributed by atoms with van der Waals surface area (Å²) in [5.41, 5.74) is 2.45. The molecule has 1 aliphatic heterocycles. The first-order valence-corrected chi connectivity index (χ1v) is 11.3. The Morgan fingerprint density at radius 1 is 1.06 bits per heavy atom. The lowest BCUT2D eigenvalue weighted by Crippen LogP contribution is -2.24. The number of ether oxygens (including phenoxy) is 3. The summed E-state index contributed by atoms with van der Waals surface area (Å²) in [7, 11) is 1.70. The first kappa shape index (κ1) is 23.1. The number of carbonyl (C=O) groups is 1. The van der Waals surface area contributed by atoms with Crippen molar-refractivity contribution in [3.05, 3.63) is 54.1 Å². The third kappa shape index (κ3) is 7.28. The zero-order chi connectivity index (χ0) is 22.1. The van der Waals surface area contributed by atoms with Crippen LogP contribution in [-0.2, 0) is 9.53 Å². The molecule has 1 heterocycles. The highest BCUT2D eigenvalue weighted by molar-refractivity contribution is 5.75. The molecule has 0 N–H and O–H groups in total. The third-order valence-electron chi connectivity index (χ3n) is 5.79. The molecule has 0 aromatic heterocycles. The SMILES string of the molecule is COCCCOc1ccc(N2CC[C@@H](Oc3ccc([C@H](C)CCC(C)=O)cc3)C2)cc1. The molecule has 5 heteroatoms. The molecule has 3 rings (SSSR count). The van der Waals surface area contributed by atoms with Gasteiger partial charge in [-0.2, -0.15) is 0 Å². The van der Waals surface area contributed by atoms with Gasteiger partial charge in [-0.3, -0.25) is 0 Å². The van der Waals surface area contributed by atoms with Gasteiger partial charge in [0.05, 0.1) is 13.2 Å². The van der Waals surface area contributed by atoms with Crippen LogP contribution in [0.15, 0.2) is 48.5 Å². The fourth-order valence-electron chi connectivity index (χ4n) is 3.86. The predicted octanol–water partition coefficient (Wildman–Crippen LogP) is 5.23. The molecule has 2 aromatic carbocycles. The van der Waals surface area contributed by atoms with Crippen LogP contribution in [0.2, 0.25) is 0 Å². The van der Waals surface area contributed by atoms with Crippen LogP contribution in [0.5, 0.6) is 11.5 Å². The van der Waals surface area contributed by atoms with Crippen molar-refractivity contribution in [3.8, 4) is 11.5 Å². The van der Waals surface area contributed by atoms with E-state index in [1.165, 1.54) is 11.3 Å². The topological polar surface area (TPSA) is 48.0 Å². The van der Waals surface area contributed by atoms with Crippen LogP contribution in [0.1, 0.15) is 51.0 Å². The summed E-state index contributed by atoms with van der Waals surface area (Å²) < 4.78 is 17.0. The molecule has 0 radical (unpaired) electrons. The van der Waals surface area contributed by atoms with Crippen molar-refractivity contribution in [3.63, 3.8) is 0 Å². The highest BCUT2D eigenvalue weighted by Gasteiger charge is 2.24. The molecule has 31 heavy (non-hydrogen) atoms. The van der Waals surface area contributed by atoms with Gasteiger partial charge in [-0.05, 0) is 61.2 Å². The molecule has 1 fully saturated rings. The highest BCUT2D eigenvalue weighted by Crippen LogP contribution is 2.27. The van der Waals surface area contributed by atoms with Gasteiger partial charge in [-0.15, -0.1) is 0 Å². The summed E-state index contributed by atoms with van der Waals surface area (Å²) in [6.07, 6.45) is 3.61. The van der Waals surface area contributed by atoms with Crippen LogP contribution >= 0.6 is 0 Å². The molecule has 2 aromatic rings. The minimum Gasteiger partial charge on any atom is -0.494 e. The molecule has 1 aliphatic rings. The number of Topliss-reactive ketones (excluding diaryl/α,β-unsaturated/α-hetero) is 1. The van der Waals surface area contributed by atoms with E-state index >= 15 is 0 Å². The van der Waals surface area contributed by atoms with Crippen molar-refractivity contribution in [2.75, 3.05) is 38.3 Å². The van der Waals surface area contributed by atoms with E-state index in [9.17, 15) is 4.79 Å². The van der Waals surface area contributed by atoms with Crippen molar-refractivity contribution in [1.82, 2.24) is 0 Å². The minimum absolute atomic E-state index is 0.186. The minimum atomic E-state index is 0.186. The molecule has 168 valence electrons. The second kappa shape index (κ2) is 11.8. The van der Waals surface area contributed by atoms with Crippen molar-refractivity contribution >= 4 is 11.5 Å². The first-order chi connectivity index (χ1) is 15.0. The maximum Gasteiger partial charge on any atom is 0.129 e. The quantitative estimate of drug-likeness (QED) is 0.436. The number of nitrogens with zero attached hydrogens (tertiary/aromatic N) is 1. The number of hydrogen-bond donors (Lipinski definition) is 0. The number of carbonyl (C=O) groups excluding carboxylic acids is 1. The van der Waals surface area contributed by atoms with E-state index < -0.39 is 0 Å². The highest BCUT2D eigenvalue weighted by atomic mass is 16.5. The maximum atomic E-state index is 11.2. The van der Waals surface area contributed by atoms with E-state index in [1.807, 2.05) is 12.1 Å². The summed E-state index contributed by atoms with van der Waals surface area (Å²) in [5.74, 6) is 2.44. The first-order valence-electron chi connectivity index (χ1n) is 11.3. The Balaban J connectivity index is 1.46. The van der Waals surface area contributed by atoms with Crippen molar-refractivity contribution in [2.24, 2.45) is 0 Å². The third-order valence-corrected chi connectivity index (χ3v) is 5.79. The smallest absolute Gasteiger partial charge is 0.129 e. The zero-order valence-electron chi connectivity index (χ0n) is 19.0. The van der Waals surface area contributed by atoms with Gasteiger partial charge in [0.1, 0.15) is 23.4 Å². The van der Waals surface area contributed by atoms with E-state index in [-0.39, 0.29) is 11.9 Å². The van der Waals surface area contributed by atoms with Crippen LogP contribution in [0.3, 0.4) is 0 Å². The number of hydrogen-bond acceptors (Lipinski definition) is 5. The molecule has 0 aliphatic carbocycles. The Kier molecular flexibility index (Phi) is 8.77. The average molecular weight is 426 g/mol. The summed E-state index contributed by atoms with van der Waals surface area (Å²) in [6, 6.07) is 16.6. The molecule has 1 saturated heterocycles. The Morgan fingerprint density at radius 3 is 2.45 bits per heavy atom. The fourth-order valence-corrected chi connectivity index (χ4v) is 3.86. The van der Waals surface area contributed by atoms with Gasteiger partial charge < -0.3 is 23.9 Å². The van der Waals surface area contributed by atoms with Gasteiger partial charge in [0.25, 0.3) is 0 Å². The monoisotopic (exact) mass is 425 g/mol. The lowest BCUT2D eigenvalue weighted by atomic mass is 9.95. The molecule has 0 unspecified atom stereocenters. The number of benzene rings is 2. The standard InChI is InChI=1S/C26H35NO4/c1-20(5-6-21(2)28)22-7-11-25(12-8-22)31-26-15-16-27(19-26)23-9-13-24(14-10-23)30-18-4-17-29-3/h7-14,20,26H,4-6,15-19H2,1-3H3/t20-,26-/m1/s1. The van der Waals surface area contributed by atoms with Gasteiger partial charge in [-0.1, -0.05) is 19.1 Å². The number of ketones is 1. The molecule has 0 amide bonds. The normalized spacial score (nSPS) is 16.9. The number of rotatable bonds is 12. The van der Waals surface area contributed by atoms with Gasteiger partial charge in [0.2, 0.25) is 0 Å². The van der Waals surface area contributed by atoms with E-state index in [2.05, 4.69) is 48.2 Å². The van der Waals surface area contributed by atoms with Crippen LogP contribution in [0, 0.1) is 0 Å². The predicted molar refractivity (Wildman–Crippen MR) is 124 cm³/mol. The molecular weight excluding hydrogens is 390 g/mol. The summed E-state index contributed by atoms with van der Waals surface area (Å²) in [4.78, 5) is 13.6. The Labute approximate surface area is 186 Å². The Morgan fingerprint density at radius 2 is 1.77 bits per heavy atom. The van der Waals surface area contributed by atoms with Crippen LogP contribution in [0.4, 0.5) is 5.69 Å². The van der Waals surface area contributed by atoms with Gasteiger partial charge in [0.15, 0.2) is 0 Å². The summed E-state index contributed by atoms with van der Waals surface area (Å²) in [6.45, 7) is 7.07. The molecule has 0 bridgehead atoms. The Hall–Kier alpha value is -2.53. The van der Waals surface area contributed by atoms with E-state index in [1.54, 1.807) is 14.0 Å². The van der Waals surface area contributed by atoms with Gasteiger partial charge in [0, 0.05) is 45.2 Å². The maximum absolute atomic E-state index is 11.2. The molecule has 0 saturated carbocycles. The average Bonchev–Trinajstić information content (AvgIpc) is 3.24. The summed E-state index contributed by atoms with van der Waals surface area (Å²) in [5, 5.41) is 0. The van der Waals surface area contributed by atoms with Crippen molar-refractivity contribution in [1.29, 1.82) is 0 Å². The van der Waals surface area contributed by atoms with Crippen LogP contribution < -0.4 is 14.4 Å². The number of methoxy groups -OCH3 is 1. The van der Waals surface area contributed by atoms with E-state index in [4.69, 9.17) is 14.2 Å². The Bertz CT molecular complexity index is 803. The second-order valence-electron chi connectivity index (χ2n) is 8.37. The van der Waals surface area contributed by atoms with Gasteiger partial charge in [-0.25, -0.2) is 0 Å².